The van der Waals surface area contributed by atoms with Gasteiger partial charge in [0.25, 0.3) is 0 Å². The summed E-state index contributed by atoms with van der Waals surface area (Å²) in [4.78, 5) is 14.7. The Morgan fingerprint density at radius 3 is 2.40 bits per heavy atom. The number of benzene rings is 3. The standard InChI is InChI=1S/C26H26N2O2/c1-27-15-18-10-11-20-16-28(13-12-19(20)14-18)26(29)30-17-25-23-8-4-2-6-21(23)22-7-3-5-9-24(22)25/h2-11,14,25,27H,12-13,15-17H2,1H3. The van der Waals surface area contributed by atoms with E-state index in [-0.39, 0.29) is 12.0 Å². The molecule has 0 unspecified atom stereocenters. The van der Waals surface area contributed by atoms with Gasteiger partial charge in [-0.3, -0.25) is 0 Å². The maximum atomic E-state index is 12.9. The molecule has 0 saturated heterocycles. The second-order valence-electron chi connectivity index (χ2n) is 8.11. The molecule has 4 heteroatoms. The van der Waals surface area contributed by atoms with Crippen LogP contribution in [0.5, 0.6) is 0 Å². The molecule has 152 valence electrons. The fourth-order valence-electron chi connectivity index (χ4n) is 4.76. The number of nitrogens with zero attached hydrogens (tertiary/aromatic N) is 1. The minimum absolute atomic E-state index is 0.0996. The molecule has 1 N–H and O–H groups in total. The highest BCUT2D eigenvalue weighted by atomic mass is 16.6. The zero-order valence-electron chi connectivity index (χ0n) is 17.2. The Morgan fingerprint density at radius 2 is 1.70 bits per heavy atom. The molecule has 30 heavy (non-hydrogen) atoms. The largest absolute Gasteiger partial charge is 0.448 e. The van der Waals surface area contributed by atoms with E-state index in [2.05, 4.69) is 72.0 Å². The van der Waals surface area contributed by atoms with Crippen molar-refractivity contribution in [3.8, 4) is 11.1 Å². The van der Waals surface area contributed by atoms with E-state index in [0.29, 0.717) is 19.7 Å². The fraction of sp³-hybridized carbons (Fsp3) is 0.269. The van der Waals surface area contributed by atoms with E-state index in [1.807, 2.05) is 11.9 Å². The molecule has 0 saturated carbocycles. The van der Waals surface area contributed by atoms with Crippen LogP contribution in [0.15, 0.2) is 66.7 Å². The normalized spacial score (nSPS) is 14.8. The predicted octanol–water partition coefficient (Wildman–Crippen LogP) is 4.71. The Morgan fingerprint density at radius 1 is 1.00 bits per heavy atom. The highest BCUT2D eigenvalue weighted by molar-refractivity contribution is 5.79. The lowest BCUT2D eigenvalue weighted by Crippen LogP contribution is -2.37. The summed E-state index contributed by atoms with van der Waals surface area (Å²) in [7, 11) is 1.96. The number of carbonyl (C=O) groups excluding carboxylic acids is 1. The summed E-state index contributed by atoms with van der Waals surface area (Å²) in [6.45, 7) is 2.55. The summed E-state index contributed by atoms with van der Waals surface area (Å²) in [6.07, 6.45) is 0.652. The van der Waals surface area contributed by atoms with Gasteiger partial charge in [0, 0.05) is 25.6 Å². The van der Waals surface area contributed by atoms with Gasteiger partial charge in [-0.1, -0.05) is 66.7 Å². The van der Waals surface area contributed by atoms with E-state index >= 15 is 0 Å². The van der Waals surface area contributed by atoms with Crippen molar-refractivity contribution in [3.63, 3.8) is 0 Å². The first-order valence-corrected chi connectivity index (χ1v) is 10.6. The summed E-state index contributed by atoms with van der Waals surface area (Å²) in [5, 5.41) is 3.19. The van der Waals surface area contributed by atoms with Crippen LogP contribution in [0.2, 0.25) is 0 Å². The van der Waals surface area contributed by atoms with Gasteiger partial charge in [0.15, 0.2) is 0 Å². The summed E-state index contributed by atoms with van der Waals surface area (Å²) >= 11 is 0. The minimum atomic E-state index is -0.221. The Hall–Kier alpha value is -3.11. The van der Waals surface area contributed by atoms with E-state index in [1.54, 1.807) is 0 Å². The Bertz CT molecular complexity index is 1050. The van der Waals surface area contributed by atoms with Crippen molar-refractivity contribution in [2.75, 3.05) is 20.2 Å². The molecule has 1 amide bonds. The van der Waals surface area contributed by atoms with Crippen molar-refractivity contribution in [3.05, 3.63) is 94.5 Å². The number of amides is 1. The van der Waals surface area contributed by atoms with Crippen LogP contribution in [-0.2, 0) is 24.2 Å². The van der Waals surface area contributed by atoms with Crippen LogP contribution >= 0.6 is 0 Å². The zero-order chi connectivity index (χ0) is 20.5. The lowest BCUT2D eigenvalue weighted by molar-refractivity contribution is 0.0953. The van der Waals surface area contributed by atoms with Crippen LogP contribution in [0.1, 0.15) is 33.7 Å². The van der Waals surface area contributed by atoms with Crippen molar-refractivity contribution < 1.29 is 9.53 Å². The second kappa shape index (κ2) is 7.96. The second-order valence-corrected chi connectivity index (χ2v) is 8.11. The minimum Gasteiger partial charge on any atom is -0.448 e. The molecule has 5 rings (SSSR count). The van der Waals surface area contributed by atoms with Crippen LogP contribution in [0, 0.1) is 0 Å². The van der Waals surface area contributed by atoms with Gasteiger partial charge in [-0.2, -0.15) is 0 Å². The smallest absolute Gasteiger partial charge is 0.410 e. The van der Waals surface area contributed by atoms with Crippen molar-refractivity contribution in [2.24, 2.45) is 0 Å². The lowest BCUT2D eigenvalue weighted by Gasteiger charge is -2.29. The van der Waals surface area contributed by atoms with Crippen LogP contribution in [0.4, 0.5) is 4.79 Å². The van der Waals surface area contributed by atoms with Gasteiger partial charge in [0.1, 0.15) is 6.61 Å². The molecule has 0 spiro atoms. The molecule has 4 nitrogen and oxygen atoms in total. The first-order valence-electron chi connectivity index (χ1n) is 10.6. The van der Waals surface area contributed by atoms with Gasteiger partial charge in [0.2, 0.25) is 0 Å². The summed E-state index contributed by atoms with van der Waals surface area (Å²) in [6, 6.07) is 23.4. The fourth-order valence-corrected chi connectivity index (χ4v) is 4.76. The monoisotopic (exact) mass is 398 g/mol. The van der Waals surface area contributed by atoms with Crippen LogP contribution in [-0.4, -0.2) is 31.2 Å². The van der Waals surface area contributed by atoms with Gasteiger partial charge in [-0.25, -0.2) is 4.79 Å². The van der Waals surface area contributed by atoms with E-state index in [4.69, 9.17) is 4.74 Å². The van der Waals surface area contributed by atoms with Gasteiger partial charge in [-0.05, 0) is 52.4 Å². The van der Waals surface area contributed by atoms with Crippen LogP contribution < -0.4 is 5.32 Å². The van der Waals surface area contributed by atoms with Gasteiger partial charge in [0.05, 0.1) is 0 Å². The van der Waals surface area contributed by atoms with Gasteiger partial charge < -0.3 is 15.0 Å². The topological polar surface area (TPSA) is 41.6 Å². The number of fused-ring (bicyclic) bond motifs is 4. The van der Waals surface area contributed by atoms with Crippen LogP contribution in [0.3, 0.4) is 0 Å². The molecule has 0 aromatic heterocycles. The average molecular weight is 399 g/mol. The maximum Gasteiger partial charge on any atom is 0.410 e. The molecule has 3 aromatic rings. The number of hydrogen-bond acceptors (Lipinski definition) is 3. The number of hydrogen-bond donors (Lipinski definition) is 1. The predicted molar refractivity (Wildman–Crippen MR) is 118 cm³/mol. The molecule has 0 fully saturated rings. The number of nitrogens with one attached hydrogen (secondary N) is 1. The summed E-state index contributed by atoms with van der Waals surface area (Å²) in [5.41, 5.74) is 8.82. The first kappa shape index (κ1) is 18.9. The molecule has 0 bridgehead atoms. The highest BCUT2D eigenvalue weighted by Gasteiger charge is 2.30. The quantitative estimate of drug-likeness (QED) is 0.692. The van der Waals surface area contributed by atoms with Gasteiger partial charge >= 0.3 is 6.09 Å². The lowest BCUT2D eigenvalue weighted by atomic mass is 9.97. The molecule has 1 aliphatic heterocycles. The first-order chi connectivity index (χ1) is 14.7. The molecular formula is C26H26N2O2. The van der Waals surface area contributed by atoms with Gasteiger partial charge in [-0.15, -0.1) is 0 Å². The Kier molecular flexibility index (Phi) is 5.01. The Balaban J connectivity index is 1.28. The van der Waals surface area contributed by atoms with E-state index in [9.17, 15) is 4.79 Å². The third-order valence-electron chi connectivity index (χ3n) is 6.26. The maximum absolute atomic E-state index is 12.9. The van der Waals surface area contributed by atoms with E-state index < -0.39 is 0 Å². The SMILES string of the molecule is CNCc1ccc2c(c1)CCN(C(=O)OCC1c3ccccc3-c3ccccc31)C2. The van der Waals surface area contributed by atoms with E-state index in [1.165, 1.54) is 38.9 Å². The number of rotatable bonds is 4. The van der Waals surface area contributed by atoms with Crippen molar-refractivity contribution >= 4 is 6.09 Å². The Labute approximate surface area is 177 Å². The average Bonchev–Trinajstić information content (AvgIpc) is 3.11. The highest BCUT2D eigenvalue weighted by Crippen LogP contribution is 2.44. The molecule has 1 heterocycles. The molecule has 1 aliphatic carbocycles. The van der Waals surface area contributed by atoms with Crippen LogP contribution in [0.25, 0.3) is 11.1 Å². The molecular weight excluding hydrogens is 372 g/mol. The van der Waals surface area contributed by atoms with Crippen molar-refractivity contribution in [1.29, 1.82) is 0 Å². The molecule has 3 aromatic carbocycles. The third kappa shape index (κ3) is 3.37. The number of ether oxygens (including phenoxy) is 1. The molecule has 0 radical (unpaired) electrons. The molecule has 0 atom stereocenters. The number of carbonyl (C=O) groups is 1. The molecule has 2 aliphatic rings. The zero-order valence-corrected chi connectivity index (χ0v) is 17.2. The third-order valence-corrected chi connectivity index (χ3v) is 6.26. The summed E-state index contributed by atoms with van der Waals surface area (Å²) in [5.74, 6) is 0.0996. The van der Waals surface area contributed by atoms with Crippen molar-refractivity contribution in [1.82, 2.24) is 10.2 Å². The summed E-state index contributed by atoms with van der Waals surface area (Å²) < 4.78 is 5.83. The van der Waals surface area contributed by atoms with E-state index in [0.717, 1.165) is 13.0 Å². The van der Waals surface area contributed by atoms with Crippen molar-refractivity contribution in [2.45, 2.75) is 25.4 Å².